The van der Waals surface area contributed by atoms with E-state index < -0.39 is 21.7 Å². The van der Waals surface area contributed by atoms with Crippen molar-refractivity contribution in [3.05, 3.63) is 102 Å². The summed E-state index contributed by atoms with van der Waals surface area (Å²) in [6.07, 6.45) is 0. The number of fused-ring (bicyclic) bond motifs is 4. The van der Waals surface area contributed by atoms with Crippen molar-refractivity contribution in [2.24, 2.45) is 0 Å². The summed E-state index contributed by atoms with van der Waals surface area (Å²) in [5.74, 6) is 0. The fourth-order valence-electron chi connectivity index (χ4n) is 3.57. The molecule has 0 spiro atoms. The minimum atomic E-state index is -1.26. The van der Waals surface area contributed by atoms with E-state index in [1.165, 1.54) is 12.1 Å². The van der Waals surface area contributed by atoms with Crippen LogP contribution < -0.4 is 21.7 Å². The zero-order chi connectivity index (χ0) is 18.0. The van der Waals surface area contributed by atoms with Gasteiger partial charge in [0.15, 0.2) is 0 Å². The molecule has 0 unspecified atom stereocenters. The van der Waals surface area contributed by atoms with Crippen LogP contribution in [0.5, 0.6) is 0 Å². The van der Waals surface area contributed by atoms with Gasteiger partial charge in [0.05, 0.1) is 0 Å². The fraction of sp³-hybridized carbons (Fsp3) is 0. The van der Waals surface area contributed by atoms with E-state index in [1.807, 2.05) is 36.4 Å². The van der Waals surface area contributed by atoms with Gasteiger partial charge in [-0.2, -0.15) is 0 Å². The molecule has 0 radical (unpaired) electrons. The molecule has 0 bridgehead atoms. The lowest BCUT2D eigenvalue weighted by Gasteiger charge is -2.06. The van der Waals surface area contributed by atoms with Crippen LogP contribution in [0.25, 0.3) is 43.1 Å². The van der Waals surface area contributed by atoms with Crippen LogP contribution in [0.4, 0.5) is 0 Å². The third kappa shape index (κ3) is 1.90. The van der Waals surface area contributed by atoms with Crippen molar-refractivity contribution in [1.29, 1.82) is 0 Å². The van der Waals surface area contributed by atoms with E-state index in [0.29, 0.717) is 0 Å². The van der Waals surface area contributed by atoms with E-state index in [2.05, 4.69) is 12.1 Å². The van der Waals surface area contributed by atoms with Crippen LogP contribution in [0.2, 0.25) is 0 Å². The molecule has 4 heteroatoms. The first-order valence-electron chi connectivity index (χ1n) is 8.11. The molecule has 0 aromatic heterocycles. The van der Waals surface area contributed by atoms with Gasteiger partial charge in [0.25, 0.3) is 10.9 Å². The second-order valence-corrected chi connectivity index (χ2v) is 6.46. The van der Waals surface area contributed by atoms with Crippen molar-refractivity contribution >= 4 is 43.1 Å². The van der Waals surface area contributed by atoms with Gasteiger partial charge >= 0.3 is 0 Å². The quantitative estimate of drug-likeness (QED) is 0.321. The highest BCUT2D eigenvalue weighted by Gasteiger charge is 2.13. The van der Waals surface area contributed by atoms with Crippen LogP contribution in [0.3, 0.4) is 0 Å². The molecule has 0 fully saturated rings. The second kappa shape index (κ2) is 4.92. The molecule has 26 heavy (non-hydrogen) atoms. The molecule has 122 valence electrons. The summed E-state index contributed by atoms with van der Waals surface area (Å²) in [4.78, 5) is 47.6. The molecule has 0 aliphatic heterocycles. The summed E-state index contributed by atoms with van der Waals surface area (Å²) in [6, 6.07) is 19.0. The van der Waals surface area contributed by atoms with Gasteiger partial charge in [-0.05, 0) is 68.7 Å². The van der Waals surface area contributed by atoms with E-state index in [9.17, 15) is 19.2 Å². The Bertz CT molecular complexity index is 1480. The summed E-state index contributed by atoms with van der Waals surface area (Å²) in [7, 11) is 0. The van der Waals surface area contributed by atoms with Crippen molar-refractivity contribution < 1.29 is 0 Å². The third-order valence-electron chi connectivity index (χ3n) is 4.90. The smallest absolute Gasteiger partial charge is 0.277 e. The Morgan fingerprint density at radius 2 is 0.731 bits per heavy atom. The topological polar surface area (TPSA) is 68.3 Å². The zero-order valence-corrected chi connectivity index (χ0v) is 13.4. The van der Waals surface area contributed by atoms with Crippen molar-refractivity contribution in [2.45, 2.75) is 0 Å². The fourth-order valence-corrected chi connectivity index (χ4v) is 3.57. The Kier molecular flexibility index (Phi) is 2.78. The Morgan fingerprint density at radius 1 is 0.385 bits per heavy atom. The predicted molar refractivity (Wildman–Crippen MR) is 104 cm³/mol. The molecule has 0 N–H and O–H groups in total. The monoisotopic (exact) mass is 338 g/mol. The highest BCUT2D eigenvalue weighted by atomic mass is 16.2. The first-order chi connectivity index (χ1) is 12.5. The predicted octanol–water partition coefficient (Wildman–Crippen LogP) is 2.62. The number of hydrogen-bond donors (Lipinski definition) is 0. The zero-order valence-electron chi connectivity index (χ0n) is 13.4. The van der Waals surface area contributed by atoms with Gasteiger partial charge < -0.3 is 0 Å². The summed E-state index contributed by atoms with van der Waals surface area (Å²) < 4.78 is 0. The van der Waals surface area contributed by atoms with Gasteiger partial charge in [-0.25, -0.2) is 0 Å². The molecule has 5 rings (SSSR count). The Morgan fingerprint density at radius 3 is 1.15 bits per heavy atom. The van der Waals surface area contributed by atoms with Crippen LogP contribution in [0.15, 0.2) is 79.8 Å². The van der Waals surface area contributed by atoms with Gasteiger partial charge in [0.1, 0.15) is 0 Å². The molecular formula is C22H10O4. The average Bonchev–Trinajstić information content (AvgIpc) is 2.66. The third-order valence-corrected chi connectivity index (χ3v) is 4.90. The van der Waals surface area contributed by atoms with E-state index >= 15 is 0 Å². The lowest BCUT2D eigenvalue weighted by atomic mass is 9.97. The van der Waals surface area contributed by atoms with E-state index in [0.717, 1.165) is 32.3 Å². The second-order valence-electron chi connectivity index (χ2n) is 6.46. The molecule has 0 saturated carbocycles. The van der Waals surface area contributed by atoms with E-state index in [-0.39, 0.29) is 10.8 Å². The highest BCUT2D eigenvalue weighted by molar-refractivity contribution is 6.07. The maximum atomic E-state index is 12.1. The number of benzene rings is 5. The van der Waals surface area contributed by atoms with Crippen LogP contribution in [-0.4, -0.2) is 0 Å². The average molecular weight is 338 g/mol. The van der Waals surface area contributed by atoms with Crippen molar-refractivity contribution in [3.63, 3.8) is 0 Å². The van der Waals surface area contributed by atoms with E-state index in [1.54, 1.807) is 0 Å². The number of rotatable bonds is 0. The highest BCUT2D eigenvalue weighted by Crippen LogP contribution is 2.28. The van der Waals surface area contributed by atoms with Gasteiger partial charge in [0.2, 0.25) is 10.9 Å². The molecule has 5 aromatic rings. The SMILES string of the molecule is O=c1c(=O)c(=O)c2cc3cc4cc5ccccc5cc4cc3cc2c1=O. The molecule has 0 amide bonds. The van der Waals surface area contributed by atoms with Crippen LogP contribution in [0.1, 0.15) is 0 Å². The Hall–Kier alpha value is -3.66. The Balaban J connectivity index is 2.00. The minimum Gasteiger partial charge on any atom is -0.285 e. The number of hydrogen-bond acceptors (Lipinski definition) is 4. The summed E-state index contributed by atoms with van der Waals surface area (Å²) in [5, 5.41) is 5.69. The van der Waals surface area contributed by atoms with Crippen LogP contribution in [-0.2, 0) is 0 Å². The lowest BCUT2D eigenvalue weighted by Crippen LogP contribution is -2.46. The summed E-state index contributed by atoms with van der Waals surface area (Å²) >= 11 is 0. The molecule has 5 aromatic carbocycles. The van der Waals surface area contributed by atoms with Crippen LogP contribution in [0, 0.1) is 0 Å². The first-order valence-corrected chi connectivity index (χ1v) is 8.11. The van der Waals surface area contributed by atoms with Gasteiger partial charge in [-0.1, -0.05) is 24.3 Å². The van der Waals surface area contributed by atoms with Crippen molar-refractivity contribution in [3.8, 4) is 0 Å². The lowest BCUT2D eigenvalue weighted by molar-refractivity contribution is 1.40. The summed E-state index contributed by atoms with van der Waals surface area (Å²) in [6.45, 7) is 0. The molecular weight excluding hydrogens is 328 g/mol. The largest absolute Gasteiger partial charge is 0.285 e. The summed E-state index contributed by atoms with van der Waals surface area (Å²) in [5.41, 5.74) is -4.34. The van der Waals surface area contributed by atoms with Gasteiger partial charge in [-0.15, -0.1) is 0 Å². The Labute approximate surface area is 145 Å². The van der Waals surface area contributed by atoms with E-state index in [4.69, 9.17) is 0 Å². The molecule has 4 nitrogen and oxygen atoms in total. The van der Waals surface area contributed by atoms with Crippen LogP contribution >= 0.6 is 0 Å². The standard InChI is InChI=1S/C22H10O4/c23-19-17-9-15-7-13-5-11-3-1-2-4-12(11)6-14(13)8-16(15)10-18(17)20(24)22(26)21(19)25/h1-10H. The normalized spacial score (nSPS) is 11.7. The molecule has 0 aliphatic rings. The maximum Gasteiger partial charge on any atom is 0.277 e. The van der Waals surface area contributed by atoms with Gasteiger partial charge in [-0.3, -0.25) is 19.2 Å². The maximum absolute atomic E-state index is 12.1. The molecule has 0 atom stereocenters. The van der Waals surface area contributed by atoms with Gasteiger partial charge in [0, 0.05) is 10.8 Å². The molecule has 0 saturated heterocycles. The molecule has 0 heterocycles. The molecule has 0 aliphatic carbocycles. The van der Waals surface area contributed by atoms with Crippen molar-refractivity contribution in [2.75, 3.05) is 0 Å². The van der Waals surface area contributed by atoms with Crippen molar-refractivity contribution in [1.82, 2.24) is 0 Å². The minimum absolute atomic E-state index is 0.00670. The first kappa shape index (κ1) is 14.7.